The van der Waals surface area contributed by atoms with Gasteiger partial charge in [-0.1, -0.05) is 71.2 Å². The Bertz CT molecular complexity index is 719. The van der Waals surface area contributed by atoms with Crippen LogP contribution < -0.4 is 0 Å². The van der Waals surface area contributed by atoms with Gasteiger partial charge in [0.25, 0.3) is 0 Å². The molecule has 0 atom stereocenters. The van der Waals surface area contributed by atoms with Gasteiger partial charge in [-0.3, -0.25) is 0 Å². The molecule has 3 aromatic carbocycles. The zero-order valence-corrected chi connectivity index (χ0v) is 17.9. The average Bonchev–Trinajstić information content (AvgIpc) is 2.62. The van der Waals surface area contributed by atoms with Gasteiger partial charge >= 0.3 is 0 Å². The highest BCUT2D eigenvalue weighted by molar-refractivity contribution is 6.31. The van der Waals surface area contributed by atoms with Gasteiger partial charge in [0.15, 0.2) is 0 Å². The van der Waals surface area contributed by atoms with E-state index in [9.17, 15) is 0 Å². The molecular weight excluding hydrogens is 391 g/mol. The lowest BCUT2D eigenvalue weighted by Crippen LogP contribution is -2.34. The molecule has 128 valence electrons. The first-order chi connectivity index (χ1) is 12.1. The smallest absolute Gasteiger partial charge is 0.146 e. The van der Waals surface area contributed by atoms with Crippen LogP contribution >= 0.6 is 34.8 Å². The first-order valence-corrected chi connectivity index (χ1v) is 9.78. The maximum absolute atomic E-state index is 6.11. The molecule has 0 aliphatic heterocycles. The second-order valence-corrected chi connectivity index (χ2v) is 7.75. The van der Waals surface area contributed by atoms with Gasteiger partial charge in [-0.2, -0.15) is 0 Å². The fourth-order valence-corrected chi connectivity index (χ4v) is 3.98. The maximum Gasteiger partial charge on any atom is 0.146 e. The highest BCUT2D eigenvalue weighted by Gasteiger charge is 2.36. The van der Waals surface area contributed by atoms with Crippen molar-refractivity contribution in [3.8, 4) is 0 Å². The van der Waals surface area contributed by atoms with Crippen molar-refractivity contribution in [2.24, 2.45) is 0 Å². The quantitative estimate of drug-likeness (QED) is 0.413. The van der Waals surface area contributed by atoms with E-state index in [2.05, 4.69) is 0 Å². The number of hydrogen-bond acceptors (Lipinski definition) is 1. The summed E-state index contributed by atoms with van der Waals surface area (Å²) >= 11 is 18.3. The third-order valence-corrected chi connectivity index (χ3v) is 5.42. The minimum absolute atomic E-state index is 0.457. The maximum atomic E-state index is 6.11. The van der Waals surface area contributed by atoms with Crippen LogP contribution in [-0.2, 0) is 9.84 Å². The van der Waals surface area contributed by atoms with Gasteiger partial charge in [0.1, 0.15) is 10.5 Å². The SMILES string of the molecule is [SiH3]OCC(c1ccc(Cl)cc1)(c1ccc(Cl)cc1)c1ccc(Cl)cc1. The predicted molar refractivity (Wildman–Crippen MR) is 110 cm³/mol. The van der Waals surface area contributed by atoms with E-state index >= 15 is 0 Å². The van der Waals surface area contributed by atoms with Crippen LogP contribution in [0.3, 0.4) is 0 Å². The number of benzene rings is 3. The zero-order valence-electron chi connectivity index (χ0n) is 13.7. The van der Waals surface area contributed by atoms with E-state index in [1.165, 1.54) is 0 Å². The normalized spacial score (nSPS) is 11.6. The van der Waals surface area contributed by atoms with E-state index in [1.807, 2.05) is 72.8 Å². The standard InChI is InChI=1S/C20H17Cl3OSi/c21-17-7-1-14(2-8-17)20(13-24-25,15-3-9-18(22)10-4-15)16-5-11-19(23)12-6-16/h1-12H,13H2,25H3. The fraction of sp³-hybridized carbons (Fsp3) is 0.100. The summed E-state index contributed by atoms with van der Waals surface area (Å²) in [5.41, 5.74) is 2.87. The molecule has 0 aliphatic rings. The van der Waals surface area contributed by atoms with E-state index in [4.69, 9.17) is 39.2 Å². The Balaban J connectivity index is 2.28. The topological polar surface area (TPSA) is 9.23 Å². The molecule has 0 aliphatic carbocycles. The van der Waals surface area contributed by atoms with Crippen LogP contribution in [0.2, 0.25) is 15.1 Å². The molecule has 0 fully saturated rings. The molecule has 3 aromatic rings. The van der Waals surface area contributed by atoms with Gasteiger partial charge in [0.2, 0.25) is 0 Å². The second kappa shape index (κ2) is 7.94. The molecule has 0 unspecified atom stereocenters. The van der Waals surface area contributed by atoms with E-state index in [0.29, 0.717) is 32.2 Å². The van der Waals surface area contributed by atoms with E-state index in [0.717, 1.165) is 16.7 Å². The van der Waals surface area contributed by atoms with Gasteiger partial charge in [0, 0.05) is 15.1 Å². The first-order valence-electron chi connectivity index (χ1n) is 7.83. The van der Waals surface area contributed by atoms with E-state index < -0.39 is 5.41 Å². The summed E-state index contributed by atoms with van der Waals surface area (Å²) in [4.78, 5) is 0. The Kier molecular flexibility index (Phi) is 5.88. The molecule has 5 heteroatoms. The molecular formula is C20H17Cl3OSi. The summed E-state index contributed by atoms with van der Waals surface area (Å²) in [5, 5.41) is 2.12. The zero-order chi connectivity index (χ0) is 17.9. The minimum atomic E-state index is -0.457. The van der Waals surface area contributed by atoms with Crippen LogP contribution in [0.15, 0.2) is 72.8 Å². The lowest BCUT2D eigenvalue weighted by atomic mass is 9.70. The molecule has 0 saturated carbocycles. The van der Waals surface area contributed by atoms with Gasteiger partial charge in [-0.15, -0.1) is 0 Å². The number of hydrogen-bond donors (Lipinski definition) is 0. The van der Waals surface area contributed by atoms with Gasteiger partial charge in [0.05, 0.1) is 12.0 Å². The molecule has 0 bridgehead atoms. The molecule has 0 saturated heterocycles. The highest BCUT2D eigenvalue weighted by atomic mass is 35.5. The van der Waals surface area contributed by atoms with E-state index in [1.54, 1.807) is 0 Å². The fourth-order valence-electron chi connectivity index (χ4n) is 3.17. The molecule has 0 aromatic heterocycles. The summed E-state index contributed by atoms with van der Waals surface area (Å²) in [6, 6.07) is 23.7. The van der Waals surface area contributed by atoms with Crippen LogP contribution in [0, 0.1) is 0 Å². The lowest BCUT2D eigenvalue weighted by Gasteiger charge is -2.35. The Morgan fingerprint density at radius 3 is 1.12 bits per heavy atom. The van der Waals surface area contributed by atoms with Crippen molar-refractivity contribution in [2.45, 2.75) is 5.41 Å². The third kappa shape index (κ3) is 3.79. The molecule has 0 heterocycles. The summed E-state index contributed by atoms with van der Waals surface area (Å²) in [5.74, 6) is 0. The first kappa shape index (κ1) is 18.5. The number of halogens is 3. The minimum Gasteiger partial charge on any atom is -0.426 e. The Labute approximate surface area is 166 Å². The van der Waals surface area contributed by atoms with Crippen LogP contribution in [0.5, 0.6) is 0 Å². The third-order valence-electron chi connectivity index (χ3n) is 4.37. The van der Waals surface area contributed by atoms with Crippen molar-refractivity contribution in [2.75, 3.05) is 6.61 Å². The number of rotatable bonds is 5. The molecule has 1 nitrogen and oxygen atoms in total. The summed E-state index contributed by atoms with van der Waals surface area (Å²) in [7, 11) is 0.640. The molecule has 25 heavy (non-hydrogen) atoms. The molecule has 0 radical (unpaired) electrons. The summed E-state index contributed by atoms with van der Waals surface area (Å²) in [6.07, 6.45) is 0. The van der Waals surface area contributed by atoms with Crippen molar-refractivity contribution in [3.05, 3.63) is 105 Å². The van der Waals surface area contributed by atoms with Crippen LogP contribution in [0.25, 0.3) is 0 Å². The van der Waals surface area contributed by atoms with E-state index in [-0.39, 0.29) is 0 Å². The van der Waals surface area contributed by atoms with Crippen molar-refractivity contribution in [1.29, 1.82) is 0 Å². The second-order valence-electron chi connectivity index (χ2n) is 5.86. The van der Waals surface area contributed by atoms with Gasteiger partial charge in [-0.25, -0.2) is 0 Å². The van der Waals surface area contributed by atoms with Crippen molar-refractivity contribution >= 4 is 45.3 Å². The molecule has 0 spiro atoms. The van der Waals surface area contributed by atoms with Crippen molar-refractivity contribution in [3.63, 3.8) is 0 Å². The Morgan fingerprint density at radius 1 is 0.600 bits per heavy atom. The van der Waals surface area contributed by atoms with Crippen molar-refractivity contribution < 1.29 is 4.43 Å². The largest absolute Gasteiger partial charge is 0.426 e. The predicted octanol–water partition coefficient (Wildman–Crippen LogP) is 5.28. The monoisotopic (exact) mass is 406 g/mol. The van der Waals surface area contributed by atoms with Crippen LogP contribution in [-0.4, -0.2) is 17.1 Å². The average molecular weight is 408 g/mol. The lowest BCUT2D eigenvalue weighted by molar-refractivity contribution is 0.289. The highest BCUT2D eigenvalue weighted by Crippen LogP contribution is 2.40. The Hall–Kier alpha value is -1.29. The van der Waals surface area contributed by atoms with Crippen LogP contribution in [0.4, 0.5) is 0 Å². The van der Waals surface area contributed by atoms with Gasteiger partial charge in [-0.05, 0) is 53.1 Å². The summed E-state index contributed by atoms with van der Waals surface area (Å²) in [6.45, 7) is 0.532. The Morgan fingerprint density at radius 2 is 0.880 bits per heavy atom. The molecule has 0 amide bonds. The van der Waals surface area contributed by atoms with Gasteiger partial charge < -0.3 is 4.43 Å². The van der Waals surface area contributed by atoms with Crippen LogP contribution in [0.1, 0.15) is 16.7 Å². The molecule has 0 N–H and O–H groups in total. The molecule has 3 rings (SSSR count). The van der Waals surface area contributed by atoms with Crippen molar-refractivity contribution in [1.82, 2.24) is 0 Å². The summed E-state index contributed by atoms with van der Waals surface area (Å²) < 4.78 is 5.80.